The molecule has 6 heteroatoms. The number of esters is 1. The lowest BCUT2D eigenvalue weighted by atomic mass is 10.2. The van der Waals surface area contributed by atoms with Crippen LogP contribution < -0.4 is 4.74 Å². The number of ether oxygens (including phenoxy) is 2. The highest BCUT2D eigenvalue weighted by Gasteiger charge is 2.24. The Hall–Kier alpha value is -2.30. The van der Waals surface area contributed by atoms with E-state index in [1.807, 2.05) is 0 Å². The van der Waals surface area contributed by atoms with Crippen LogP contribution >= 0.6 is 23.2 Å². The van der Waals surface area contributed by atoms with Crippen molar-refractivity contribution in [3.05, 3.63) is 69.3 Å². The Labute approximate surface area is 143 Å². The summed E-state index contributed by atoms with van der Waals surface area (Å²) < 4.78 is 10.4. The molecule has 0 N–H and O–H groups in total. The molecule has 1 aliphatic rings. The maximum Gasteiger partial charge on any atom is 0.363 e. The number of methoxy groups -OCH3 is 1. The van der Waals surface area contributed by atoms with E-state index in [0.29, 0.717) is 26.9 Å². The fourth-order valence-electron chi connectivity index (χ4n) is 2.05. The molecule has 0 atom stereocenters. The molecule has 1 aliphatic heterocycles. The van der Waals surface area contributed by atoms with Crippen molar-refractivity contribution in [2.45, 2.75) is 0 Å². The number of hydrogen-bond donors (Lipinski definition) is 0. The highest BCUT2D eigenvalue weighted by molar-refractivity contribution is 6.42. The van der Waals surface area contributed by atoms with Gasteiger partial charge in [-0.1, -0.05) is 35.3 Å². The summed E-state index contributed by atoms with van der Waals surface area (Å²) in [5.41, 5.74) is 1.57. The molecule has 0 bridgehead atoms. The van der Waals surface area contributed by atoms with Crippen LogP contribution in [0, 0.1) is 0 Å². The van der Waals surface area contributed by atoms with Crippen LogP contribution in [-0.2, 0) is 9.53 Å². The van der Waals surface area contributed by atoms with Gasteiger partial charge < -0.3 is 9.47 Å². The molecular formula is C17H11Cl2NO3. The number of carbonyl (C=O) groups excluding carboxylic acids is 1. The molecule has 23 heavy (non-hydrogen) atoms. The first-order chi connectivity index (χ1) is 11.1. The molecule has 2 aromatic carbocycles. The Bertz CT molecular complexity index is 843. The quantitative estimate of drug-likeness (QED) is 0.612. The average Bonchev–Trinajstić information content (AvgIpc) is 2.92. The van der Waals surface area contributed by atoms with Crippen molar-refractivity contribution in [2.75, 3.05) is 7.11 Å². The Morgan fingerprint density at radius 1 is 1.13 bits per heavy atom. The van der Waals surface area contributed by atoms with Gasteiger partial charge in [0.1, 0.15) is 5.75 Å². The van der Waals surface area contributed by atoms with Gasteiger partial charge in [-0.2, -0.15) is 0 Å². The average molecular weight is 348 g/mol. The van der Waals surface area contributed by atoms with Crippen molar-refractivity contribution in [3.8, 4) is 5.75 Å². The zero-order chi connectivity index (χ0) is 16.4. The molecule has 0 aromatic heterocycles. The number of rotatable bonds is 3. The Balaban J connectivity index is 1.94. The molecule has 4 nitrogen and oxygen atoms in total. The van der Waals surface area contributed by atoms with Crippen LogP contribution in [0.25, 0.3) is 6.08 Å². The van der Waals surface area contributed by atoms with Crippen molar-refractivity contribution >= 4 is 41.1 Å². The predicted molar refractivity (Wildman–Crippen MR) is 90.1 cm³/mol. The van der Waals surface area contributed by atoms with Gasteiger partial charge >= 0.3 is 5.97 Å². The lowest BCUT2D eigenvalue weighted by molar-refractivity contribution is -0.129. The van der Waals surface area contributed by atoms with E-state index >= 15 is 0 Å². The third-order valence-corrected chi connectivity index (χ3v) is 3.92. The van der Waals surface area contributed by atoms with Gasteiger partial charge in [0.2, 0.25) is 5.90 Å². The first kappa shape index (κ1) is 15.6. The summed E-state index contributed by atoms with van der Waals surface area (Å²) in [6.45, 7) is 0. The maximum absolute atomic E-state index is 12.0. The number of benzene rings is 2. The highest BCUT2D eigenvalue weighted by atomic mass is 35.5. The Morgan fingerprint density at radius 3 is 2.70 bits per heavy atom. The highest BCUT2D eigenvalue weighted by Crippen LogP contribution is 2.26. The summed E-state index contributed by atoms with van der Waals surface area (Å²) in [6, 6.07) is 12.2. The second kappa shape index (κ2) is 6.44. The monoisotopic (exact) mass is 347 g/mol. The molecule has 2 aromatic rings. The number of nitrogens with zero attached hydrogens (tertiary/aromatic N) is 1. The van der Waals surface area contributed by atoms with E-state index in [0.717, 1.165) is 0 Å². The number of aliphatic imine (C=N–C) groups is 1. The third-order valence-electron chi connectivity index (χ3n) is 3.18. The van der Waals surface area contributed by atoms with Crippen LogP contribution in [0.3, 0.4) is 0 Å². The zero-order valence-corrected chi connectivity index (χ0v) is 13.6. The maximum atomic E-state index is 12.0. The molecule has 0 saturated carbocycles. The second-order valence-electron chi connectivity index (χ2n) is 4.74. The minimum Gasteiger partial charge on any atom is -0.497 e. The van der Waals surface area contributed by atoms with Crippen molar-refractivity contribution < 1.29 is 14.3 Å². The second-order valence-corrected chi connectivity index (χ2v) is 5.56. The first-order valence-electron chi connectivity index (χ1n) is 6.69. The van der Waals surface area contributed by atoms with Crippen molar-refractivity contribution in [3.63, 3.8) is 0 Å². The van der Waals surface area contributed by atoms with Gasteiger partial charge in [-0.25, -0.2) is 9.79 Å². The van der Waals surface area contributed by atoms with E-state index < -0.39 is 5.97 Å². The summed E-state index contributed by atoms with van der Waals surface area (Å²) in [5, 5.41) is 0.854. The van der Waals surface area contributed by atoms with Crippen LogP contribution in [0.1, 0.15) is 11.1 Å². The Morgan fingerprint density at radius 2 is 1.96 bits per heavy atom. The van der Waals surface area contributed by atoms with Crippen LogP contribution in [0.2, 0.25) is 10.0 Å². The lowest BCUT2D eigenvalue weighted by Crippen LogP contribution is -2.05. The van der Waals surface area contributed by atoms with Gasteiger partial charge in [0, 0.05) is 5.56 Å². The molecular weight excluding hydrogens is 337 g/mol. The van der Waals surface area contributed by atoms with E-state index in [1.165, 1.54) is 0 Å². The summed E-state index contributed by atoms with van der Waals surface area (Å²) in [4.78, 5) is 16.2. The fraction of sp³-hybridized carbons (Fsp3) is 0.0588. The summed E-state index contributed by atoms with van der Waals surface area (Å²) in [7, 11) is 1.57. The van der Waals surface area contributed by atoms with E-state index in [1.54, 1.807) is 55.7 Å². The van der Waals surface area contributed by atoms with Gasteiger partial charge in [0.05, 0.1) is 17.2 Å². The number of hydrogen-bond acceptors (Lipinski definition) is 4. The number of halogens is 2. The minimum absolute atomic E-state index is 0.196. The molecule has 1 heterocycles. The molecule has 3 rings (SSSR count). The lowest BCUT2D eigenvalue weighted by Gasteiger charge is -2.02. The van der Waals surface area contributed by atoms with E-state index in [4.69, 9.17) is 32.7 Å². The normalized spacial score (nSPS) is 15.5. The first-order valence-corrected chi connectivity index (χ1v) is 7.44. The van der Waals surface area contributed by atoms with Gasteiger partial charge in [-0.05, 0) is 42.0 Å². The van der Waals surface area contributed by atoms with Crippen LogP contribution in [0.4, 0.5) is 0 Å². The molecule has 0 fully saturated rings. The predicted octanol–water partition coefficient (Wildman–Crippen LogP) is 4.35. The van der Waals surface area contributed by atoms with Crippen molar-refractivity contribution in [1.82, 2.24) is 0 Å². The van der Waals surface area contributed by atoms with Crippen LogP contribution in [-0.4, -0.2) is 19.0 Å². The van der Waals surface area contributed by atoms with Gasteiger partial charge in [0.15, 0.2) is 5.70 Å². The van der Waals surface area contributed by atoms with Crippen molar-refractivity contribution in [2.24, 2.45) is 4.99 Å². The fourth-order valence-corrected chi connectivity index (χ4v) is 2.36. The molecule has 0 amide bonds. The summed E-state index contributed by atoms with van der Waals surface area (Å²) >= 11 is 11.8. The zero-order valence-electron chi connectivity index (χ0n) is 12.0. The largest absolute Gasteiger partial charge is 0.497 e. The number of carbonyl (C=O) groups is 1. The molecule has 0 aliphatic carbocycles. The van der Waals surface area contributed by atoms with Gasteiger partial charge in [-0.15, -0.1) is 0 Å². The molecule has 116 valence electrons. The van der Waals surface area contributed by atoms with Crippen LogP contribution in [0.5, 0.6) is 5.75 Å². The van der Waals surface area contributed by atoms with Crippen LogP contribution in [0.15, 0.2) is 53.2 Å². The standard InChI is InChI=1S/C17H11Cl2NO3/c1-22-12-4-2-3-11(9-12)16-20-15(17(21)23-16)8-10-5-6-13(18)14(19)7-10/h2-9H,1H3/b15-8-. The number of cyclic esters (lactones) is 1. The molecule has 0 spiro atoms. The SMILES string of the molecule is COc1cccc(C2=N/C(=C\c3ccc(Cl)c(Cl)c3)C(=O)O2)c1. The molecule has 0 unspecified atom stereocenters. The smallest absolute Gasteiger partial charge is 0.363 e. The van der Waals surface area contributed by atoms with Gasteiger partial charge in [-0.3, -0.25) is 0 Å². The Kier molecular flexibility index (Phi) is 4.37. The van der Waals surface area contributed by atoms with Gasteiger partial charge in [0.25, 0.3) is 0 Å². The summed E-state index contributed by atoms with van der Waals surface area (Å²) in [6.07, 6.45) is 1.59. The topological polar surface area (TPSA) is 47.9 Å². The van der Waals surface area contributed by atoms with E-state index in [9.17, 15) is 4.79 Å². The summed E-state index contributed by atoms with van der Waals surface area (Å²) in [5.74, 6) is 0.372. The molecule has 0 radical (unpaired) electrons. The van der Waals surface area contributed by atoms with Crippen molar-refractivity contribution in [1.29, 1.82) is 0 Å². The van der Waals surface area contributed by atoms with E-state index in [-0.39, 0.29) is 11.6 Å². The van der Waals surface area contributed by atoms with E-state index in [2.05, 4.69) is 4.99 Å². The minimum atomic E-state index is -0.520. The third kappa shape index (κ3) is 3.38. The molecule has 0 saturated heterocycles.